The topological polar surface area (TPSA) is 21.3 Å². The number of methoxy groups -OCH3 is 1. The van der Waals surface area contributed by atoms with Gasteiger partial charge in [0, 0.05) is 13.2 Å². The van der Waals surface area contributed by atoms with Crippen molar-refractivity contribution >= 4 is 0 Å². The first-order chi connectivity index (χ1) is 7.12. The van der Waals surface area contributed by atoms with E-state index in [0.29, 0.717) is 6.42 Å². The molecule has 0 aromatic rings. The van der Waals surface area contributed by atoms with Crippen molar-refractivity contribution in [3.8, 4) is 0 Å². The third-order valence-electron chi connectivity index (χ3n) is 3.17. The molecule has 1 unspecified atom stereocenters. The minimum absolute atomic E-state index is 0.189. The van der Waals surface area contributed by atoms with E-state index in [4.69, 9.17) is 4.74 Å². The quantitative estimate of drug-likeness (QED) is 0.796. The van der Waals surface area contributed by atoms with Gasteiger partial charge in [0.15, 0.2) is 0 Å². The number of rotatable bonds is 5. The van der Waals surface area contributed by atoms with Gasteiger partial charge in [0.25, 0.3) is 0 Å². The van der Waals surface area contributed by atoms with E-state index in [1.54, 1.807) is 14.0 Å². The molecule has 0 bridgehead atoms. The van der Waals surface area contributed by atoms with Crippen LogP contribution in [0.3, 0.4) is 0 Å². The van der Waals surface area contributed by atoms with Crippen LogP contribution in [0.5, 0.6) is 0 Å². The van der Waals surface area contributed by atoms with Crippen molar-refractivity contribution in [2.45, 2.75) is 63.4 Å². The molecule has 1 fully saturated rings. The first-order valence-electron chi connectivity index (χ1n) is 5.51. The predicted octanol–water partition coefficient (Wildman–Crippen LogP) is 2.87. The molecular weight excluding hydrogens is 219 g/mol. The van der Waals surface area contributed by atoms with Gasteiger partial charge in [0.2, 0.25) is 0 Å². The first kappa shape index (κ1) is 13.8. The second-order valence-corrected chi connectivity index (χ2v) is 5.29. The molecule has 2 nitrogen and oxygen atoms in total. The van der Waals surface area contributed by atoms with Crippen molar-refractivity contribution in [2.24, 2.45) is 0 Å². The number of nitrogens with one attached hydrogen (secondary N) is 1. The molecule has 16 heavy (non-hydrogen) atoms. The number of ether oxygens (including phenoxy) is 1. The van der Waals surface area contributed by atoms with Gasteiger partial charge < -0.3 is 10.1 Å². The van der Waals surface area contributed by atoms with E-state index < -0.39 is 17.3 Å². The summed E-state index contributed by atoms with van der Waals surface area (Å²) in [5.74, 6) is 0. The van der Waals surface area contributed by atoms with Gasteiger partial charge in [-0.3, -0.25) is 0 Å². The molecule has 0 spiro atoms. The Bertz CT molecular complexity index is 246. The third-order valence-corrected chi connectivity index (χ3v) is 3.17. The van der Waals surface area contributed by atoms with Crippen molar-refractivity contribution < 1.29 is 17.9 Å². The number of hydrogen-bond acceptors (Lipinski definition) is 2. The van der Waals surface area contributed by atoms with Crippen LogP contribution in [0.1, 0.15) is 40.0 Å². The molecule has 0 amide bonds. The minimum atomic E-state index is -4.14. The molecule has 1 rings (SSSR count). The number of halogens is 3. The molecule has 1 N–H and O–H groups in total. The Morgan fingerprint density at radius 1 is 1.31 bits per heavy atom. The number of alkyl halides is 3. The van der Waals surface area contributed by atoms with Gasteiger partial charge in [-0.25, -0.2) is 0 Å². The Kier molecular flexibility index (Phi) is 3.60. The van der Waals surface area contributed by atoms with Crippen LogP contribution in [-0.2, 0) is 4.74 Å². The van der Waals surface area contributed by atoms with Crippen LogP contribution in [0, 0.1) is 0 Å². The zero-order valence-electron chi connectivity index (χ0n) is 10.2. The molecule has 1 aliphatic rings. The Balaban J connectivity index is 2.50. The zero-order chi connectivity index (χ0) is 12.6. The lowest BCUT2D eigenvalue weighted by atomic mass is 9.99. The highest BCUT2D eigenvalue weighted by atomic mass is 19.4. The Morgan fingerprint density at radius 2 is 1.81 bits per heavy atom. The van der Waals surface area contributed by atoms with Crippen LogP contribution in [0.15, 0.2) is 0 Å². The second kappa shape index (κ2) is 4.18. The van der Waals surface area contributed by atoms with Crippen LogP contribution < -0.4 is 5.32 Å². The molecule has 0 saturated heterocycles. The molecule has 0 aliphatic heterocycles. The summed E-state index contributed by atoms with van der Waals surface area (Å²) < 4.78 is 43.2. The highest BCUT2D eigenvalue weighted by molar-refractivity contribution is 5.09. The Morgan fingerprint density at radius 3 is 2.12 bits per heavy atom. The smallest absolute Gasteiger partial charge is 0.379 e. The van der Waals surface area contributed by atoms with Crippen LogP contribution in [0.25, 0.3) is 0 Å². The maximum atomic E-state index is 12.7. The summed E-state index contributed by atoms with van der Waals surface area (Å²) in [4.78, 5) is 0. The van der Waals surface area contributed by atoms with E-state index in [1.807, 2.05) is 13.8 Å². The van der Waals surface area contributed by atoms with Crippen molar-refractivity contribution in [1.29, 1.82) is 0 Å². The minimum Gasteiger partial charge on any atom is -0.379 e. The SMILES string of the molecule is COC(C)(C)CC(C)NC1(C(F)(F)F)CC1. The van der Waals surface area contributed by atoms with Crippen molar-refractivity contribution in [3.63, 3.8) is 0 Å². The highest BCUT2D eigenvalue weighted by Gasteiger charge is 2.63. The summed E-state index contributed by atoms with van der Waals surface area (Å²) >= 11 is 0. The van der Waals surface area contributed by atoms with Crippen LogP contribution in [0.4, 0.5) is 13.2 Å². The summed E-state index contributed by atoms with van der Waals surface area (Å²) in [7, 11) is 1.57. The summed E-state index contributed by atoms with van der Waals surface area (Å²) in [5.41, 5.74) is -2.02. The van der Waals surface area contributed by atoms with Gasteiger partial charge in [0.05, 0.1) is 5.60 Å². The predicted molar refractivity (Wildman–Crippen MR) is 56.3 cm³/mol. The van der Waals surface area contributed by atoms with Crippen molar-refractivity contribution in [3.05, 3.63) is 0 Å². The number of hydrogen-bond donors (Lipinski definition) is 1. The van der Waals surface area contributed by atoms with E-state index in [0.717, 1.165) is 0 Å². The average molecular weight is 239 g/mol. The lowest BCUT2D eigenvalue weighted by molar-refractivity contribution is -0.168. The monoisotopic (exact) mass is 239 g/mol. The van der Waals surface area contributed by atoms with Gasteiger partial charge in [-0.15, -0.1) is 0 Å². The summed E-state index contributed by atoms with van der Waals surface area (Å²) in [5, 5.41) is 2.69. The lowest BCUT2D eigenvalue weighted by Gasteiger charge is -2.31. The fourth-order valence-corrected chi connectivity index (χ4v) is 1.98. The van der Waals surface area contributed by atoms with E-state index in [-0.39, 0.29) is 18.9 Å². The standard InChI is InChI=1S/C11H20F3NO/c1-8(7-9(2,3)16-4)15-10(5-6-10)11(12,13)14/h8,15H,5-7H2,1-4H3. The molecule has 0 aromatic heterocycles. The molecule has 5 heteroatoms. The van der Waals surface area contributed by atoms with E-state index in [2.05, 4.69) is 5.32 Å². The second-order valence-electron chi connectivity index (χ2n) is 5.29. The molecule has 0 radical (unpaired) electrons. The molecule has 0 heterocycles. The molecular formula is C11H20F3NO. The van der Waals surface area contributed by atoms with Crippen LogP contribution >= 0.6 is 0 Å². The molecule has 96 valence electrons. The largest absolute Gasteiger partial charge is 0.406 e. The fourth-order valence-electron chi connectivity index (χ4n) is 1.98. The maximum Gasteiger partial charge on any atom is 0.406 e. The van der Waals surface area contributed by atoms with E-state index >= 15 is 0 Å². The van der Waals surface area contributed by atoms with Gasteiger partial charge in [0.1, 0.15) is 5.54 Å². The summed E-state index contributed by atoms with van der Waals surface area (Å²) in [6.07, 6.45) is -3.21. The van der Waals surface area contributed by atoms with Crippen LogP contribution in [0.2, 0.25) is 0 Å². The van der Waals surface area contributed by atoms with Gasteiger partial charge in [-0.05, 0) is 40.0 Å². The average Bonchev–Trinajstić information content (AvgIpc) is 2.83. The van der Waals surface area contributed by atoms with Crippen molar-refractivity contribution in [2.75, 3.05) is 7.11 Å². The van der Waals surface area contributed by atoms with Crippen molar-refractivity contribution in [1.82, 2.24) is 5.32 Å². The molecule has 1 atom stereocenters. The Labute approximate surface area is 94.5 Å². The fraction of sp³-hybridized carbons (Fsp3) is 1.00. The van der Waals surface area contributed by atoms with E-state index in [1.165, 1.54) is 0 Å². The highest BCUT2D eigenvalue weighted by Crippen LogP contribution is 2.49. The lowest BCUT2D eigenvalue weighted by Crippen LogP contribution is -2.50. The summed E-state index contributed by atoms with van der Waals surface area (Å²) in [6.45, 7) is 5.52. The molecule has 1 saturated carbocycles. The van der Waals surface area contributed by atoms with Gasteiger partial charge in [-0.2, -0.15) is 13.2 Å². The van der Waals surface area contributed by atoms with Gasteiger partial charge >= 0.3 is 6.18 Å². The van der Waals surface area contributed by atoms with Crippen LogP contribution in [-0.4, -0.2) is 30.5 Å². The van der Waals surface area contributed by atoms with E-state index in [9.17, 15) is 13.2 Å². The molecule has 0 aromatic carbocycles. The first-order valence-corrected chi connectivity index (χ1v) is 5.51. The third kappa shape index (κ3) is 3.10. The normalized spacial score (nSPS) is 21.9. The zero-order valence-corrected chi connectivity index (χ0v) is 10.2. The summed E-state index contributed by atoms with van der Waals surface area (Å²) in [6, 6.07) is -0.209. The molecule has 1 aliphatic carbocycles. The maximum absolute atomic E-state index is 12.7. The Hall–Kier alpha value is -0.290. The van der Waals surface area contributed by atoms with Gasteiger partial charge in [-0.1, -0.05) is 0 Å².